The number of ether oxygens (including phenoxy) is 1. The summed E-state index contributed by atoms with van der Waals surface area (Å²) in [5, 5.41) is 1.06. The van der Waals surface area contributed by atoms with Gasteiger partial charge >= 0.3 is 0 Å². The first-order chi connectivity index (χ1) is 13.6. The number of benzene rings is 2. The van der Waals surface area contributed by atoms with Crippen LogP contribution in [-0.2, 0) is 16.0 Å². The molecule has 146 valence electrons. The van der Waals surface area contributed by atoms with Gasteiger partial charge < -0.3 is 4.74 Å². The van der Waals surface area contributed by atoms with Crippen LogP contribution in [0.25, 0.3) is 10.2 Å². The third-order valence-corrected chi connectivity index (χ3v) is 5.00. The van der Waals surface area contributed by atoms with Crippen LogP contribution < -0.4 is 15.6 Å². The van der Waals surface area contributed by atoms with Crippen molar-refractivity contribution in [2.45, 2.75) is 25.7 Å². The van der Waals surface area contributed by atoms with Crippen LogP contribution >= 0.6 is 11.3 Å². The van der Waals surface area contributed by atoms with Crippen molar-refractivity contribution in [1.29, 1.82) is 0 Å². The molecule has 0 aliphatic heterocycles. The highest BCUT2D eigenvalue weighted by Crippen LogP contribution is 2.22. The van der Waals surface area contributed by atoms with E-state index in [2.05, 4.69) is 15.8 Å². The second-order valence-corrected chi connectivity index (χ2v) is 7.24. The minimum atomic E-state index is -0.493. The van der Waals surface area contributed by atoms with Gasteiger partial charge in [0.2, 0.25) is 5.91 Å². The van der Waals surface area contributed by atoms with E-state index >= 15 is 0 Å². The van der Waals surface area contributed by atoms with Crippen LogP contribution in [0.4, 0.5) is 4.39 Å². The van der Waals surface area contributed by atoms with E-state index in [0.717, 1.165) is 23.4 Å². The normalized spacial score (nSPS) is 10.6. The number of nitrogens with zero attached hydrogens (tertiary/aromatic N) is 1. The van der Waals surface area contributed by atoms with Crippen LogP contribution in [0.5, 0.6) is 5.75 Å². The number of carbonyl (C=O) groups is 2. The van der Waals surface area contributed by atoms with Crippen molar-refractivity contribution >= 4 is 33.4 Å². The monoisotopic (exact) mass is 401 g/mol. The number of carbonyl (C=O) groups excluding carboxylic acids is 2. The van der Waals surface area contributed by atoms with Crippen molar-refractivity contribution in [3.63, 3.8) is 0 Å². The third kappa shape index (κ3) is 6.02. The van der Waals surface area contributed by atoms with Crippen molar-refractivity contribution in [2.75, 3.05) is 6.61 Å². The number of unbranched alkanes of at least 4 members (excludes halogenated alkanes) is 1. The van der Waals surface area contributed by atoms with Gasteiger partial charge in [-0.15, -0.1) is 11.3 Å². The maximum absolute atomic E-state index is 12.8. The van der Waals surface area contributed by atoms with Gasteiger partial charge in [0, 0.05) is 6.42 Å². The Labute approximate surface area is 165 Å². The van der Waals surface area contributed by atoms with Gasteiger partial charge in [-0.3, -0.25) is 20.4 Å². The van der Waals surface area contributed by atoms with Crippen LogP contribution in [0.2, 0.25) is 0 Å². The van der Waals surface area contributed by atoms with Crippen molar-refractivity contribution < 1.29 is 18.7 Å². The van der Waals surface area contributed by atoms with Gasteiger partial charge in [0.1, 0.15) is 11.6 Å². The Morgan fingerprint density at radius 3 is 2.54 bits per heavy atom. The fraction of sp³-hybridized carbons (Fsp3) is 0.250. The molecule has 0 saturated carbocycles. The first-order valence-corrected chi connectivity index (χ1v) is 9.72. The summed E-state index contributed by atoms with van der Waals surface area (Å²) in [4.78, 5) is 28.0. The molecule has 3 aromatic rings. The molecule has 3 rings (SSSR count). The summed E-state index contributed by atoms with van der Waals surface area (Å²) in [5.41, 5.74) is 5.65. The summed E-state index contributed by atoms with van der Waals surface area (Å²) < 4.78 is 19.1. The van der Waals surface area contributed by atoms with E-state index in [1.807, 2.05) is 24.3 Å². The Bertz CT molecular complexity index is 910. The molecule has 1 aromatic heterocycles. The Morgan fingerprint density at radius 2 is 1.75 bits per heavy atom. The number of hydrazine groups is 1. The second kappa shape index (κ2) is 9.80. The van der Waals surface area contributed by atoms with E-state index in [9.17, 15) is 14.0 Å². The molecule has 0 spiro atoms. The number of thiazole rings is 1. The molecule has 0 fully saturated rings. The number of hydrogen-bond donors (Lipinski definition) is 2. The zero-order valence-corrected chi connectivity index (χ0v) is 15.9. The summed E-state index contributed by atoms with van der Waals surface area (Å²) in [5.74, 6) is -0.767. The largest absolute Gasteiger partial charge is 0.484 e. The van der Waals surface area contributed by atoms with Crippen LogP contribution in [-0.4, -0.2) is 23.4 Å². The number of aromatic nitrogens is 1. The van der Waals surface area contributed by atoms with Crippen molar-refractivity contribution in [3.8, 4) is 5.75 Å². The Kier molecular flexibility index (Phi) is 6.91. The minimum Gasteiger partial charge on any atom is -0.484 e. The van der Waals surface area contributed by atoms with Gasteiger partial charge in [0.25, 0.3) is 5.91 Å². The maximum Gasteiger partial charge on any atom is 0.276 e. The predicted octanol–water partition coefficient (Wildman–Crippen LogP) is 3.37. The maximum atomic E-state index is 12.8. The number of hydrogen-bond acceptors (Lipinski definition) is 5. The molecule has 0 aliphatic carbocycles. The highest BCUT2D eigenvalue weighted by atomic mass is 32.1. The summed E-state index contributed by atoms with van der Waals surface area (Å²) in [6.45, 7) is -0.274. The molecule has 0 aliphatic rings. The van der Waals surface area contributed by atoms with Gasteiger partial charge in [-0.1, -0.05) is 12.1 Å². The van der Waals surface area contributed by atoms with E-state index in [-0.39, 0.29) is 18.3 Å². The van der Waals surface area contributed by atoms with Crippen molar-refractivity contribution in [2.24, 2.45) is 0 Å². The van der Waals surface area contributed by atoms with E-state index < -0.39 is 5.91 Å². The molecular weight excluding hydrogens is 381 g/mol. The first-order valence-electron chi connectivity index (χ1n) is 8.90. The summed E-state index contributed by atoms with van der Waals surface area (Å²) in [7, 11) is 0. The predicted molar refractivity (Wildman–Crippen MR) is 105 cm³/mol. The third-order valence-electron chi connectivity index (χ3n) is 3.91. The van der Waals surface area contributed by atoms with Gasteiger partial charge in [-0.25, -0.2) is 9.37 Å². The molecule has 0 unspecified atom stereocenters. The zero-order valence-electron chi connectivity index (χ0n) is 15.1. The fourth-order valence-electron chi connectivity index (χ4n) is 2.51. The quantitative estimate of drug-likeness (QED) is 0.448. The summed E-state index contributed by atoms with van der Waals surface area (Å²) in [6, 6.07) is 13.3. The lowest BCUT2D eigenvalue weighted by molar-refractivity contribution is -0.130. The van der Waals surface area contributed by atoms with Crippen LogP contribution in [0, 0.1) is 5.82 Å². The SMILES string of the molecule is O=C(CCCCc1nc2ccccc2s1)NNC(=O)COc1ccc(F)cc1. The number of para-hydroxylation sites is 1. The fourth-order valence-corrected chi connectivity index (χ4v) is 3.52. The number of aryl methyl sites for hydroxylation is 1. The Hall–Kier alpha value is -3.00. The van der Waals surface area contributed by atoms with E-state index in [1.54, 1.807) is 11.3 Å². The number of nitrogens with one attached hydrogen (secondary N) is 2. The standard InChI is InChI=1S/C20H20FN3O3S/c21-14-9-11-15(12-10-14)27-13-19(26)24-23-18(25)7-3-4-8-20-22-16-5-1-2-6-17(16)28-20/h1-2,5-6,9-12H,3-4,7-8,13H2,(H,23,25)(H,24,26). The Balaban J connectivity index is 1.28. The lowest BCUT2D eigenvalue weighted by atomic mass is 10.2. The molecule has 2 aromatic carbocycles. The Morgan fingerprint density at radius 1 is 1.00 bits per heavy atom. The second-order valence-electron chi connectivity index (χ2n) is 6.12. The summed E-state index contributed by atoms with van der Waals surface area (Å²) >= 11 is 1.67. The molecule has 2 N–H and O–H groups in total. The molecule has 0 bridgehead atoms. The molecule has 8 heteroatoms. The van der Waals surface area contributed by atoms with Crippen molar-refractivity contribution in [1.82, 2.24) is 15.8 Å². The average molecular weight is 401 g/mol. The summed E-state index contributed by atoms with van der Waals surface area (Å²) in [6.07, 6.45) is 2.67. The number of amides is 2. The topological polar surface area (TPSA) is 80.3 Å². The molecule has 0 radical (unpaired) electrons. The van der Waals surface area contributed by atoms with Gasteiger partial charge in [0.05, 0.1) is 15.2 Å². The highest BCUT2D eigenvalue weighted by Gasteiger charge is 2.07. The van der Waals surface area contributed by atoms with E-state index in [0.29, 0.717) is 18.6 Å². The van der Waals surface area contributed by atoms with E-state index in [4.69, 9.17) is 4.74 Å². The molecule has 2 amide bonds. The highest BCUT2D eigenvalue weighted by molar-refractivity contribution is 7.18. The minimum absolute atomic E-state index is 0.264. The molecule has 1 heterocycles. The smallest absolute Gasteiger partial charge is 0.276 e. The molecule has 0 saturated heterocycles. The van der Waals surface area contributed by atoms with E-state index in [1.165, 1.54) is 29.0 Å². The number of halogens is 1. The van der Waals surface area contributed by atoms with Crippen LogP contribution in [0.1, 0.15) is 24.3 Å². The van der Waals surface area contributed by atoms with Gasteiger partial charge in [-0.05, 0) is 55.7 Å². The lowest BCUT2D eigenvalue weighted by Gasteiger charge is -2.08. The molecule has 28 heavy (non-hydrogen) atoms. The number of rotatable bonds is 8. The lowest BCUT2D eigenvalue weighted by Crippen LogP contribution is -2.43. The molecule has 0 atom stereocenters. The first kappa shape index (κ1) is 19.8. The van der Waals surface area contributed by atoms with Crippen LogP contribution in [0.15, 0.2) is 48.5 Å². The zero-order chi connectivity index (χ0) is 19.8. The van der Waals surface area contributed by atoms with Gasteiger partial charge in [-0.2, -0.15) is 0 Å². The molecule has 6 nitrogen and oxygen atoms in total. The number of fused-ring (bicyclic) bond motifs is 1. The van der Waals surface area contributed by atoms with Crippen molar-refractivity contribution in [3.05, 3.63) is 59.4 Å². The molecular formula is C20H20FN3O3S. The average Bonchev–Trinajstić information content (AvgIpc) is 3.12. The van der Waals surface area contributed by atoms with Crippen LogP contribution in [0.3, 0.4) is 0 Å². The van der Waals surface area contributed by atoms with Gasteiger partial charge in [0.15, 0.2) is 6.61 Å².